The first-order valence-electron chi connectivity index (χ1n) is 9.29. The number of non-ortho nitro benzene ring substituents is 1. The summed E-state index contributed by atoms with van der Waals surface area (Å²) in [4.78, 5) is 61.2. The summed E-state index contributed by atoms with van der Waals surface area (Å²) in [6, 6.07) is 3.94. The number of nitro benzene ring substituents is 1. The van der Waals surface area contributed by atoms with Crippen molar-refractivity contribution < 1.29 is 28.8 Å². The fraction of sp³-hybridized carbons (Fsp3) is 0.400. The van der Waals surface area contributed by atoms with Gasteiger partial charge in [0.15, 0.2) is 6.61 Å². The third-order valence-corrected chi connectivity index (χ3v) is 5.96. The molecule has 150 valence electrons. The van der Waals surface area contributed by atoms with Gasteiger partial charge in [0.2, 0.25) is 17.6 Å². The Bertz CT molecular complexity index is 939. The Labute approximate surface area is 165 Å². The first-order valence-corrected chi connectivity index (χ1v) is 9.29. The number of imide groups is 1. The van der Waals surface area contributed by atoms with Crippen LogP contribution in [0.3, 0.4) is 0 Å². The molecule has 0 unspecified atom stereocenters. The summed E-state index contributed by atoms with van der Waals surface area (Å²) in [5, 5.41) is 10.8. The largest absolute Gasteiger partial charge is 0.456 e. The van der Waals surface area contributed by atoms with Crippen LogP contribution in [0.1, 0.15) is 23.7 Å². The Morgan fingerprint density at radius 2 is 1.83 bits per heavy atom. The highest BCUT2D eigenvalue weighted by molar-refractivity contribution is 6.09. The summed E-state index contributed by atoms with van der Waals surface area (Å²) in [7, 11) is 0. The zero-order valence-corrected chi connectivity index (χ0v) is 15.5. The van der Waals surface area contributed by atoms with Crippen molar-refractivity contribution in [1.82, 2.24) is 4.90 Å². The minimum atomic E-state index is -1.14. The molecule has 1 saturated carbocycles. The van der Waals surface area contributed by atoms with E-state index in [2.05, 4.69) is 0 Å². The lowest BCUT2D eigenvalue weighted by atomic mass is 9.85. The van der Waals surface area contributed by atoms with Crippen molar-refractivity contribution in [3.63, 3.8) is 0 Å². The fourth-order valence-electron chi connectivity index (χ4n) is 4.55. The van der Waals surface area contributed by atoms with E-state index in [0.717, 1.165) is 17.4 Å². The van der Waals surface area contributed by atoms with Gasteiger partial charge in [-0.15, -0.1) is 0 Å². The van der Waals surface area contributed by atoms with E-state index >= 15 is 0 Å². The highest BCUT2D eigenvalue weighted by Gasteiger charge is 2.60. The van der Waals surface area contributed by atoms with Gasteiger partial charge in [0.05, 0.1) is 16.8 Å². The Morgan fingerprint density at radius 3 is 2.41 bits per heavy atom. The van der Waals surface area contributed by atoms with Crippen LogP contribution < -0.4 is 0 Å². The predicted octanol–water partition coefficient (Wildman–Crippen LogP) is 1.52. The summed E-state index contributed by atoms with van der Waals surface area (Å²) >= 11 is 0. The Kier molecular flexibility index (Phi) is 4.52. The second kappa shape index (κ2) is 6.91. The molecule has 2 fully saturated rings. The maximum Gasteiger partial charge on any atom is 0.329 e. The maximum atomic E-state index is 12.7. The van der Waals surface area contributed by atoms with Crippen LogP contribution in [0.25, 0.3) is 0 Å². The second-order valence-electron chi connectivity index (χ2n) is 7.56. The molecule has 1 aromatic rings. The quantitative estimate of drug-likeness (QED) is 0.178. The number of ether oxygens (including phenoxy) is 1. The molecule has 1 aliphatic heterocycles. The molecule has 9 heteroatoms. The molecule has 4 rings (SSSR count). The number of rotatable bonds is 6. The number of carbonyl (C=O) groups excluding carboxylic acids is 4. The van der Waals surface area contributed by atoms with E-state index in [4.69, 9.17) is 4.74 Å². The minimum absolute atomic E-state index is 0.0325. The number of esters is 1. The van der Waals surface area contributed by atoms with Crippen LogP contribution in [0.4, 0.5) is 5.69 Å². The van der Waals surface area contributed by atoms with Gasteiger partial charge in [-0.2, -0.15) is 0 Å². The van der Waals surface area contributed by atoms with Gasteiger partial charge in [-0.25, -0.2) is 4.79 Å². The number of benzene rings is 1. The normalized spacial score (nSPS) is 27.8. The zero-order valence-electron chi connectivity index (χ0n) is 15.5. The van der Waals surface area contributed by atoms with E-state index in [9.17, 15) is 29.3 Å². The average molecular weight is 398 g/mol. The van der Waals surface area contributed by atoms with Gasteiger partial charge in [0, 0.05) is 17.7 Å². The van der Waals surface area contributed by atoms with Gasteiger partial charge < -0.3 is 4.74 Å². The number of ketones is 1. The lowest BCUT2D eigenvalue weighted by molar-refractivity contribution is -0.384. The monoisotopic (exact) mass is 398 g/mol. The molecule has 0 radical (unpaired) electrons. The van der Waals surface area contributed by atoms with Gasteiger partial charge in [-0.3, -0.25) is 29.4 Å². The van der Waals surface area contributed by atoms with Crippen molar-refractivity contribution in [3.05, 3.63) is 52.1 Å². The van der Waals surface area contributed by atoms with Gasteiger partial charge in [0.25, 0.3) is 5.69 Å². The molecule has 29 heavy (non-hydrogen) atoms. The first kappa shape index (κ1) is 19.0. The molecule has 0 aromatic heterocycles. The number of nitrogens with zero attached hydrogens (tertiary/aromatic N) is 2. The standard InChI is InChI=1S/C20H18N2O7/c1-10(21-18(24)16-12-5-6-13(7-12)17(16)19(21)25)20(26)29-9-15(23)11-3-2-4-14(8-11)22(27)28/h2-6,8,10,12-13,16-17H,7,9H2,1H3/t10-,12-,13+,16+,17-/m1/s1. The summed E-state index contributed by atoms with van der Waals surface area (Å²) in [6.07, 6.45) is 4.71. The van der Waals surface area contributed by atoms with E-state index in [1.54, 1.807) is 0 Å². The number of fused-ring (bicyclic) bond motifs is 5. The van der Waals surface area contributed by atoms with Gasteiger partial charge >= 0.3 is 5.97 Å². The second-order valence-corrected chi connectivity index (χ2v) is 7.56. The number of likely N-dealkylation sites (tertiary alicyclic amines) is 1. The van der Waals surface area contributed by atoms with Crippen molar-refractivity contribution in [1.29, 1.82) is 0 Å². The maximum absolute atomic E-state index is 12.7. The number of amides is 2. The third-order valence-electron chi connectivity index (χ3n) is 5.96. The summed E-state index contributed by atoms with van der Waals surface area (Å²) in [6.45, 7) is 0.757. The highest BCUT2D eigenvalue weighted by Crippen LogP contribution is 2.52. The fourth-order valence-corrected chi connectivity index (χ4v) is 4.55. The molecule has 3 aliphatic rings. The molecule has 2 bridgehead atoms. The van der Waals surface area contributed by atoms with Crippen molar-refractivity contribution in [2.45, 2.75) is 19.4 Å². The van der Waals surface area contributed by atoms with Crippen LogP contribution in [0.15, 0.2) is 36.4 Å². The number of hydrogen-bond acceptors (Lipinski definition) is 7. The van der Waals surface area contributed by atoms with Crippen molar-refractivity contribution in [2.75, 3.05) is 6.61 Å². The van der Waals surface area contributed by atoms with Crippen LogP contribution in [0.5, 0.6) is 0 Å². The Balaban J connectivity index is 1.40. The first-order chi connectivity index (χ1) is 13.8. The summed E-state index contributed by atoms with van der Waals surface area (Å²) in [5.74, 6) is -3.00. The molecular formula is C20H18N2O7. The smallest absolute Gasteiger partial charge is 0.329 e. The molecule has 1 heterocycles. The van der Waals surface area contributed by atoms with Crippen LogP contribution in [-0.4, -0.2) is 46.0 Å². The Morgan fingerprint density at radius 1 is 1.21 bits per heavy atom. The van der Waals surface area contributed by atoms with E-state index in [1.807, 2.05) is 12.2 Å². The molecule has 0 N–H and O–H groups in total. The summed E-state index contributed by atoms with van der Waals surface area (Å²) < 4.78 is 5.00. The number of allylic oxidation sites excluding steroid dienone is 2. The van der Waals surface area contributed by atoms with Crippen LogP contribution in [0.2, 0.25) is 0 Å². The van der Waals surface area contributed by atoms with Crippen molar-refractivity contribution in [2.24, 2.45) is 23.7 Å². The predicted molar refractivity (Wildman–Crippen MR) is 97.4 cm³/mol. The minimum Gasteiger partial charge on any atom is -0.456 e. The van der Waals surface area contributed by atoms with E-state index in [0.29, 0.717) is 0 Å². The number of carbonyl (C=O) groups is 4. The van der Waals surface area contributed by atoms with Gasteiger partial charge in [0.1, 0.15) is 6.04 Å². The van der Waals surface area contributed by atoms with Crippen LogP contribution in [-0.2, 0) is 19.1 Å². The van der Waals surface area contributed by atoms with E-state index in [-0.39, 0.29) is 34.9 Å². The van der Waals surface area contributed by atoms with Crippen molar-refractivity contribution >= 4 is 29.3 Å². The topological polar surface area (TPSA) is 124 Å². The van der Waals surface area contributed by atoms with Crippen LogP contribution in [0, 0.1) is 33.8 Å². The molecule has 5 atom stereocenters. The highest BCUT2D eigenvalue weighted by atomic mass is 16.6. The summed E-state index contributed by atoms with van der Waals surface area (Å²) in [5.41, 5.74) is -0.219. The molecular weight excluding hydrogens is 380 g/mol. The van der Waals surface area contributed by atoms with E-state index in [1.165, 1.54) is 25.1 Å². The zero-order chi connectivity index (χ0) is 20.9. The molecule has 1 saturated heterocycles. The lowest BCUT2D eigenvalue weighted by Gasteiger charge is -2.23. The molecule has 0 spiro atoms. The van der Waals surface area contributed by atoms with E-state index < -0.39 is 41.2 Å². The molecule has 2 amide bonds. The number of nitro groups is 1. The SMILES string of the molecule is C[C@H](C(=O)OCC(=O)c1cccc([N+](=O)[O-])c1)N1C(=O)[C@@H]2[C@H](C1=O)[C@H]1C=C[C@@H]2C1. The number of hydrogen-bond donors (Lipinski definition) is 0. The van der Waals surface area contributed by atoms with Crippen molar-refractivity contribution in [3.8, 4) is 0 Å². The number of Topliss-reactive ketones (excluding diaryl/α,β-unsaturated/α-hetero) is 1. The molecule has 2 aliphatic carbocycles. The van der Waals surface area contributed by atoms with Gasteiger partial charge in [-0.1, -0.05) is 24.3 Å². The average Bonchev–Trinajstić information content (AvgIpc) is 3.39. The Hall–Kier alpha value is -3.36. The van der Waals surface area contributed by atoms with Gasteiger partial charge in [-0.05, 0) is 25.2 Å². The lowest BCUT2D eigenvalue weighted by Crippen LogP contribution is -2.45. The molecule has 9 nitrogen and oxygen atoms in total. The third kappa shape index (κ3) is 3.02. The molecule has 1 aromatic carbocycles. The van der Waals surface area contributed by atoms with Crippen LogP contribution >= 0.6 is 0 Å².